The third kappa shape index (κ3) is 3.80. The lowest BCUT2D eigenvalue weighted by atomic mass is 9.43. The van der Waals surface area contributed by atoms with Crippen LogP contribution in [0.2, 0.25) is 0 Å². The summed E-state index contributed by atoms with van der Waals surface area (Å²) in [4.78, 5) is 35.3. The first-order valence-corrected chi connectivity index (χ1v) is 13.9. The maximum Gasteiger partial charge on any atom is 0.306 e. The summed E-state index contributed by atoms with van der Waals surface area (Å²) in [7, 11) is 0. The zero-order valence-electron chi connectivity index (χ0n) is 20.8. The monoisotopic (exact) mass is 552 g/mol. The zero-order valence-corrected chi connectivity index (χ0v) is 22.4. The molecule has 1 N–H and O–H groups in total. The summed E-state index contributed by atoms with van der Waals surface area (Å²) in [5.74, 6) is 0.00743. The number of rotatable bonds is 4. The molecule has 0 spiro atoms. The number of hydrogen-bond acceptors (Lipinski definition) is 7. The predicted molar refractivity (Wildman–Crippen MR) is 130 cm³/mol. The number of halogens is 1. The lowest BCUT2D eigenvalue weighted by molar-refractivity contribution is -0.207. The molecule has 0 unspecified atom stereocenters. The Balaban J connectivity index is 1.49. The van der Waals surface area contributed by atoms with Crippen molar-refractivity contribution in [2.45, 2.75) is 82.2 Å². The molecule has 0 amide bonds. The van der Waals surface area contributed by atoms with Crippen LogP contribution in [0.1, 0.15) is 65.7 Å². The molecule has 194 valence electrons. The molecule has 0 radical (unpaired) electrons. The average Bonchev–Trinajstić information content (AvgIpc) is 3.31. The minimum atomic E-state index is -0.930. The van der Waals surface area contributed by atoms with Crippen molar-refractivity contribution in [3.05, 3.63) is 12.2 Å². The first-order valence-electron chi connectivity index (χ1n) is 13.0. The minimum Gasteiger partial charge on any atom is -0.465 e. The van der Waals surface area contributed by atoms with Gasteiger partial charge in [0.25, 0.3) is 0 Å². The largest absolute Gasteiger partial charge is 0.465 e. The van der Waals surface area contributed by atoms with Gasteiger partial charge in [-0.1, -0.05) is 28.9 Å². The number of aliphatic hydroxyl groups is 1. The van der Waals surface area contributed by atoms with Crippen LogP contribution < -0.4 is 0 Å². The van der Waals surface area contributed by atoms with E-state index < -0.39 is 5.60 Å². The lowest BCUT2D eigenvalue weighted by Gasteiger charge is -2.63. The Labute approximate surface area is 215 Å². The molecule has 5 aliphatic rings. The van der Waals surface area contributed by atoms with Crippen LogP contribution in [0, 0.1) is 40.4 Å². The number of alkyl halides is 1. The maximum atomic E-state index is 12.6. The molecule has 0 bridgehead atoms. The van der Waals surface area contributed by atoms with Gasteiger partial charge in [0.2, 0.25) is 0 Å². The molecule has 0 aromatic heterocycles. The van der Waals surface area contributed by atoms with Crippen LogP contribution in [0.4, 0.5) is 0 Å². The molecular weight excluding hydrogens is 516 g/mol. The highest BCUT2D eigenvalue weighted by atomic mass is 79.9. The van der Waals surface area contributed by atoms with Crippen LogP contribution in [0.25, 0.3) is 0 Å². The van der Waals surface area contributed by atoms with E-state index in [1.54, 1.807) is 0 Å². The average molecular weight is 553 g/mol. The van der Waals surface area contributed by atoms with Gasteiger partial charge in [0.1, 0.15) is 12.7 Å². The number of carbonyl (C=O) groups is 3. The number of cyclic esters (lactones) is 1. The molecule has 4 fully saturated rings. The molecule has 1 heterocycles. The molecule has 3 saturated carbocycles. The Bertz CT molecular complexity index is 934. The predicted octanol–water partition coefficient (Wildman–Crippen LogP) is 3.95. The summed E-state index contributed by atoms with van der Waals surface area (Å²) in [5.41, 5.74) is -1.64. The van der Waals surface area contributed by atoms with Gasteiger partial charge >= 0.3 is 17.9 Å². The van der Waals surface area contributed by atoms with Gasteiger partial charge < -0.3 is 19.3 Å². The van der Waals surface area contributed by atoms with Crippen molar-refractivity contribution < 1.29 is 33.7 Å². The van der Waals surface area contributed by atoms with Gasteiger partial charge in [0.15, 0.2) is 0 Å². The third-order valence-corrected chi connectivity index (χ3v) is 11.5. The molecule has 5 rings (SSSR count). The molecule has 8 heteroatoms. The fourth-order valence-electron chi connectivity index (χ4n) is 8.88. The second kappa shape index (κ2) is 8.86. The molecule has 0 aromatic carbocycles. The van der Waals surface area contributed by atoms with E-state index in [0.29, 0.717) is 19.4 Å². The van der Waals surface area contributed by atoms with Gasteiger partial charge in [-0.15, -0.1) is 0 Å². The zero-order chi connectivity index (χ0) is 25.2. The first kappa shape index (κ1) is 25.2. The normalized spacial score (nSPS) is 48.4. The van der Waals surface area contributed by atoms with Crippen molar-refractivity contribution in [2.75, 3.05) is 13.2 Å². The molecule has 0 aromatic rings. The first-order chi connectivity index (χ1) is 16.5. The van der Waals surface area contributed by atoms with Crippen LogP contribution in [0.5, 0.6) is 0 Å². The van der Waals surface area contributed by atoms with Crippen molar-refractivity contribution in [3.63, 3.8) is 0 Å². The summed E-state index contributed by atoms with van der Waals surface area (Å²) in [5, 5.41) is 12.6. The minimum absolute atomic E-state index is 0.0374. The van der Waals surface area contributed by atoms with Crippen molar-refractivity contribution in [2.24, 2.45) is 40.4 Å². The molecule has 1 aliphatic heterocycles. The van der Waals surface area contributed by atoms with Gasteiger partial charge in [-0.3, -0.25) is 14.4 Å². The Morgan fingerprint density at radius 3 is 2.57 bits per heavy atom. The van der Waals surface area contributed by atoms with E-state index in [0.717, 1.165) is 32.1 Å². The van der Waals surface area contributed by atoms with Gasteiger partial charge in [0.05, 0.1) is 18.6 Å². The fraction of sp³-hybridized carbons (Fsp3) is 0.815. The quantitative estimate of drug-likeness (QED) is 0.244. The van der Waals surface area contributed by atoms with E-state index in [-0.39, 0.29) is 75.9 Å². The van der Waals surface area contributed by atoms with E-state index >= 15 is 0 Å². The standard InChI is InChI=1S/C27H37BrO7/c1-15(29)34-14-26-9-6-19(35-16(2)30)11-18(26)4-5-21-20(26)7-8-25(3)22(12-23(28)27(21,25)32)17-10-24(31)33-13-17/h6,9,17-23,32H,4-5,7-8,10-14H2,1-3H3/t17-,18-,19-,20-,21+,22+,23-,25+,26+,27+/m0/s1. The van der Waals surface area contributed by atoms with Gasteiger partial charge in [-0.25, -0.2) is 0 Å². The number of esters is 3. The third-order valence-electron chi connectivity index (χ3n) is 10.4. The van der Waals surface area contributed by atoms with Crippen LogP contribution in [-0.4, -0.2) is 52.8 Å². The highest BCUT2D eigenvalue weighted by Gasteiger charge is 2.71. The van der Waals surface area contributed by atoms with Crippen molar-refractivity contribution >= 4 is 33.8 Å². The lowest BCUT2D eigenvalue weighted by Crippen LogP contribution is -2.65. The van der Waals surface area contributed by atoms with Crippen LogP contribution in [0.15, 0.2) is 12.2 Å². The Morgan fingerprint density at radius 1 is 1.14 bits per heavy atom. The van der Waals surface area contributed by atoms with Gasteiger partial charge in [-0.2, -0.15) is 0 Å². The molecular formula is C27H37BrO7. The molecule has 1 saturated heterocycles. The summed E-state index contributed by atoms with van der Waals surface area (Å²) in [6.07, 6.45) is 9.31. The van der Waals surface area contributed by atoms with E-state index in [4.69, 9.17) is 14.2 Å². The number of ether oxygens (including phenoxy) is 3. The van der Waals surface area contributed by atoms with Crippen molar-refractivity contribution in [3.8, 4) is 0 Å². The number of fused-ring (bicyclic) bond motifs is 5. The molecule has 7 nitrogen and oxygen atoms in total. The summed E-state index contributed by atoms with van der Waals surface area (Å²) in [6.45, 7) is 5.81. The Kier molecular flexibility index (Phi) is 6.39. The second-order valence-corrected chi connectivity index (χ2v) is 13.0. The number of hydrogen-bond donors (Lipinski definition) is 1. The van der Waals surface area contributed by atoms with E-state index in [1.165, 1.54) is 13.8 Å². The van der Waals surface area contributed by atoms with Crippen LogP contribution >= 0.6 is 15.9 Å². The van der Waals surface area contributed by atoms with Crippen molar-refractivity contribution in [1.82, 2.24) is 0 Å². The highest BCUT2D eigenvalue weighted by Crippen LogP contribution is 2.70. The van der Waals surface area contributed by atoms with Gasteiger partial charge in [-0.05, 0) is 68.3 Å². The van der Waals surface area contributed by atoms with Crippen LogP contribution in [-0.2, 0) is 28.6 Å². The smallest absolute Gasteiger partial charge is 0.306 e. The molecule has 35 heavy (non-hydrogen) atoms. The second-order valence-electron chi connectivity index (χ2n) is 11.9. The highest BCUT2D eigenvalue weighted by molar-refractivity contribution is 9.09. The molecule has 4 aliphatic carbocycles. The van der Waals surface area contributed by atoms with Crippen molar-refractivity contribution in [1.29, 1.82) is 0 Å². The SMILES string of the molecule is CC(=O)OC[C@]12C=C[C@H](OC(C)=O)C[C@@H]1CC[C@@H]1[C@@H]2CC[C@]2(C)[C@@H]([C@@H]3COC(=O)C3)C[C@H](Br)[C@]12O. The summed E-state index contributed by atoms with van der Waals surface area (Å²) in [6, 6.07) is 0. The van der Waals surface area contributed by atoms with E-state index in [2.05, 4.69) is 28.9 Å². The number of carbonyl (C=O) groups excluding carboxylic acids is 3. The van der Waals surface area contributed by atoms with E-state index in [1.807, 2.05) is 6.08 Å². The fourth-order valence-corrected chi connectivity index (χ4v) is 10.1. The summed E-state index contributed by atoms with van der Waals surface area (Å²) >= 11 is 3.90. The molecule has 10 atom stereocenters. The van der Waals surface area contributed by atoms with Crippen LogP contribution in [0.3, 0.4) is 0 Å². The van der Waals surface area contributed by atoms with E-state index in [9.17, 15) is 19.5 Å². The maximum absolute atomic E-state index is 12.6. The Hall–Kier alpha value is -1.41. The summed E-state index contributed by atoms with van der Waals surface area (Å²) < 4.78 is 16.5. The topological polar surface area (TPSA) is 99.1 Å². The van der Waals surface area contributed by atoms with Gasteiger partial charge in [0, 0.05) is 35.4 Å². The Morgan fingerprint density at radius 2 is 1.91 bits per heavy atom.